The van der Waals surface area contributed by atoms with Gasteiger partial charge in [-0.3, -0.25) is 9.36 Å². The maximum atomic E-state index is 14.4. The molecule has 0 aliphatic carbocycles. The molecule has 39 heavy (non-hydrogen) atoms. The Bertz CT molecular complexity index is 1510. The quantitative estimate of drug-likeness (QED) is 0.326. The summed E-state index contributed by atoms with van der Waals surface area (Å²) in [5.41, 5.74) is 1.85. The highest BCUT2D eigenvalue weighted by atomic mass is 19.1. The summed E-state index contributed by atoms with van der Waals surface area (Å²) in [6, 6.07) is 15.0. The van der Waals surface area contributed by atoms with Crippen molar-refractivity contribution in [2.75, 3.05) is 32.6 Å². The number of anilines is 1. The second kappa shape index (κ2) is 11.1. The number of benzene rings is 2. The average molecular weight is 534 g/mol. The monoisotopic (exact) mass is 533 g/mol. The molecule has 2 amide bonds. The van der Waals surface area contributed by atoms with Crippen molar-refractivity contribution in [3.05, 3.63) is 78.1 Å². The van der Waals surface area contributed by atoms with Crippen LogP contribution in [0.5, 0.6) is 17.2 Å². The zero-order chi connectivity index (χ0) is 27.5. The Hall–Kier alpha value is -4.48. The first kappa shape index (κ1) is 26.1. The largest absolute Gasteiger partial charge is 0.493 e. The molecule has 5 rings (SSSR count). The molecule has 2 aromatic heterocycles. The molecular weight excluding hydrogens is 505 g/mol. The van der Waals surface area contributed by atoms with Crippen molar-refractivity contribution < 1.29 is 28.7 Å². The fraction of sp³-hybridized carbons (Fsp3) is 0.250. The van der Waals surface area contributed by atoms with Gasteiger partial charge in [-0.25, -0.2) is 14.2 Å². The minimum absolute atomic E-state index is 0.0283. The first-order valence-electron chi connectivity index (χ1n) is 12.4. The van der Waals surface area contributed by atoms with Gasteiger partial charge in [0, 0.05) is 55.0 Å². The van der Waals surface area contributed by atoms with Crippen molar-refractivity contribution >= 4 is 28.7 Å². The van der Waals surface area contributed by atoms with Crippen LogP contribution in [0.1, 0.15) is 28.3 Å². The number of rotatable bonds is 6. The number of methoxy groups -OCH3 is 1. The van der Waals surface area contributed by atoms with Crippen LogP contribution in [0.25, 0.3) is 10.9 Å². The van der Waals surface area contributed by atoms with Crippen molar-refractivity contribution in [2.24, 2.45) is 0 Å². The lowest BCUT2D eigenvalue weighted by atomic mass is 9.88. The Morgan fingerprint density at radius 1 is 1.10 bits per heavy atom. The average Bonchev–Trinajstić information content (AvgIpc) is 3.35. The molecule has 2 aromatic carbocycles. The summed E-state index contributed by atoms with van der Waals surface area (Å²) in [6.07, 6.45) is 2.49. The molecule has 1 saturated heterocycles. The second-order valence-electron chi connectivity index (χ2n) is 9.18. The van der Waals surface area contributed by atoms with Crippen LogP contribution in [-0.2, 0) is 0 Å². The molecule has 1 fully saturated rings. The van der Waals surface area contributed by atoms with Crippen LogP contribution in [-0.4, -0.2) is 65.2 Å². The molecule has 1 aliphatic rings. The molecule has 10 nitrogen and oxygen atoms in total. The van der Waals surface area contributed by atoms with Crippen LogP contribution in [0.4, 0.5) is 15.0 Å². The third kappa shape index (κ3) is 5.54. The van der Waals surface area contributed by atoms with Crippen LogP contribution in [0.2, 0.25) is 0 Å². The van der Waals surface area contributed by atoms with E-state index >= 15 is 0 Å². The molecule has 3 heterocycles. The predicted octanol–water partition coefficient (Wildman–Crippen LogP) is 4.79. The Kier molecular flexibility index (Phi) is 7.44. The molecule has 0 bridgehead atoms. The molecule has 2 unspecified atom stereocenters. The van der Waals surface area contributed by atoms with Gasteiger partial charge in [-0.1, -0.05) is 12.1 Å². The number of carbonyl (C=O) groups is 2. The molecule has 1 aliphatic heterocycles. The lowest BCUT2D eigenvalue weighted by Gasteiger charge is -2.31. The number of pyridine rings is 1. The van der Waals surface area contributed by atoms with E-state index in [9.17, 15) is 19.2 Å². The lowest BCUT2D eigenvalue weighted by molar-refractivity contribution is -0.125. The van der Waals surface area contributed by atoms with Crippen molar-refractivity contribution in [3.8, 4) is 17.2 Å². The van der Waals surface area contributed by atoms with Gasteiger partial charge in [0.05, 0.1) is 19.2 Å². The standard InChI is InChI=1S/C28H28FN5O5/c1-30-28(36)34-12-8-19-13-25(24(38-2)15-23(19)34)39-20-7-10-31-26(14-20)32-27(35)18-5-3-17(4-6-18)21-9-11-33(37)16-22(21)29/h3-8,10,12-15,21-22,37H,9,11,16H2,1-2H3,(H,30,36)(H,31,32,35). The van der Waals surface area contributed by atoms with Crippen LogP contribution in [0, 0.1) is 0 Å². The number of alkyl halides is 1. The Morgan fingerprint density at radius 2 is 1.90 bits per heavy atom. The second-order valence-corrected chi connectivity index (χ2v) is 9.18. The van der Waals surface area contributed by atoms with Gasteiger partial charge in [0.25, 0.3) is 5.91 Å². The maximum Gasteiger partial charge on any atom is 0.325 e. The number of piperidine rings is 1. The van der Waals surface area contributed by atoms with E-state index in [2.05, 4.69) is 15.6 Å². The molecule has 0 saturated carbocycles. The van der Waals surface area contributed by atoms with Gasteiger partial charge < -0.3 is 25.3 Å². The lowest BCUT2D eigenvalue weighted by Crippen LogP contribution is -2.38. The van der Waals surface area contributed by atoms with Gasteiger partial charge in [-0.2, -0.15) is 5.06 Å². The third-order valence-corrected chi connectivity index (χ3v) is 6.73. The molecule has 11 heteroatoms. The molecular formula is C28H28FN5O5. The summed E-state index contributed by atoms with van der Waals surface area (Å²) in [4.78, 5) is 29.2. The number of aromatic nitrogens is 2. The number of nitrogens with zero attached hydrogens (tertiary/aromatic N) is 3. The van der Waals surface area contributed by atoms with Gasteiger partial charge in [0.2, 0.25) is 0 Å². The van der Waals surface area contributed by atoms with E-state index in [1.807, 2.05) is 0 Å². The van der Waals surface area contributed by atoms with E-state index in [1.54, 1.807) is 67.8 Å². The number of nitrogens with one attached hydrogen (secondary N) is 2. The smallest absolute Gasteiger partial charge is 0.325 e. The molecule has 202 valence electrons. The predicted molar refractivity (Wildman–Crippen MR) is 143 cm³/mol. The van der Waals surface area contributed by atoms with Gasteiger partial charge in [-0.05, 0) is 42.3 Å². The van der Waals surface area contributed by atoms with Crippen molar-refractivity contribution in [3.63, 3.8) is 0 Å². The number of hydrogen-bond donors (Lipinski definition) is 3. The SMILES string of the molecule is CNC(=O)n1ccc2cc(Oc3ccnc(NC(=O)c4ccc(C5CCN(O)CC5F)cc4)c3)c(OC)cc21. The molecule has 3 N–H and O–H groups in total. The third-order valence-electron chi connectivity index (χ3n) is 6.73. The van der Waals surface area contributed by atoms with E-state index in [0.29, 0.717) is 41.3 Å². The van der Waals surface area contributed by atoms with Crippen LogP contribution >= 0.6 is 0 Å². The fourth-order valence-electron chi connectivity index (χ4n) is 4.68. The number of amides is 2. The zero-order valence-corrected chi connectivity index (χ0v) is 21.4. The van der Waals surface area contributed by atoms with E-state index in [-0.39, 0.29) is 30.2 Å². The van der Waals surface area contributed by atoms with Gasteiger partial charge in [0.15, 0.2) is 11.5 Å². The Labute approximate surface area is 223 Å². The molecule has 2 atom stereocenters. The topological polar surface area (TPSA) is 118 Å². The fourth-order valence-corrected chi connectivity index (χ4v) is 4.68. The summed E-state index contributed by atoms with van der Waals surface area (Å²) in [6.45, 7) is 0.374. The van der Waals surface area contributed by atoms with Gasteiger partial charge in [-0.15, -0.1) is 0 Å². The highest BCUT2D eigenvalue weighted by Gasteiger charge is 2.29. The Balaban J connectivity index is 1.29. The summed E-state index contributed by atoms with van der Waals surface area (Å²) >= 11 is 0. The number of fused-ring (bicyclic) bond motifs is 1. The van der Waals surface area contributed by atoms with Crippen molar-refractivity contribution in [1.29, 1.82) is 0 Å². The first-order valence-corrected chi connectivity index (χ1v) is 12.4. The van der Waals surface area contributed by atoms with Crippen LogP contribution in [0.3, 0.4) is 0 Å². The minimum atomic E-state index is -1.18. The molecule has 0 radical (unpaired) electrons. The highest BCUT2D eigenvalue weighted by Crippen LogP contribution is 2.36. The summed E-state index contributed by atoms with van der Waals surface area (Å²) in [7, 11) is 3.06. The summed E-state index contributed by atoms with van der Waals surface area (Å²) in [5, 5.41) is 16.6. The molecule has 4 aromatic rings. The molecule has 0 spiro atoms. The van der Waals surface area contributed by atoms with E-state index in [1.165, 1.54) is 17.9 Å². The number of hydrogen-bond acceptors (Lipinski definition) is 7. The van der Waals surface area contributed by atoms with Crippen molar-refractivity contribution in [1.82, 2.24) is 19.9 Å². The summed E-state index contributed by atoms with van der Waals surface area (Å²) in [5.74, 6) is 0.864. The van der Waals surface area contributed by atoms with Crippen LogP contribution < -0.4 is 20.1 Å². The van der Waals surface area contributed by atoms with E-state index in [0.717, 1.165) is 16.0 Å². The minimum Gasteiger partial charge on any atom is -0.493 e. The Morgan fingerprint density at radius 3 is 2.62 bits per heavy atom. The van der Waals surface area contributed by atoms with Crippen molar-refractivity contribution in [2.45, 2.75) is 18.5 Å². The van der Waals surface area contributed by atoms with Gasteiger partial charge in [0.1, 0.15) is 17.7 Å². The number of carbonyl (C=O) groups excluding carboxylic acids is 2. The van der Waals surface area contributed by atoms with Crippen LogP contribution in [0.15, 0.2) is 67.0 Å². The van der Waals surface area contributed by atoms with E-state index < -0.39 is 6.17 Å². The number of hydroxylamine groups is 2. The first-order chi connectivity index (χ1) is 18.9. The number of halogens is 1. The summed E-state index contributed by atoms with van der Waals surface area (Å²) < 4.78 is 27.4. The normalized spacial score (nSPS) is 17.5. The highest BCUT2D eigenvalue weighted by molar-refractivity contribution is 6.03. The maximum absolute atomic E-state index is 14.4. The number of ether oxygens (including phenoxy) is 2. The van der Waals surface area contributed by atoms with Gasteiger partial charge >= 0.3 is 6.03 Å². The zero-order valence-electron chi connectivity index (χ0n) is 21.4. The van der Waals surface area contributed by atoms with E-state index in [4.69, 9.17) is 9.47 Å².